The highest BCUT2D eigenvalue weighted by Crippen LogP contribution is 2.39. The van der Waals surface area contributed by atoms with Crippen molar-refractivity contribution >= 4 is 33.0 Å². The van der Waals surface area contributed by atoms with Gasteiger partial charge in [0.05, 0.1) is 5.39 Å². The van der Waals surface area contributed by atoms with Crippen LogP contribution in [0.25, 0.3) is 21.6 Å². The minimum Gasteiger partial charge on any atom is -0.257 e. The van der Waals surface area contributed by atoms with Gasteiger partial charge in [-0.3, -0.25) is 4.40 Å². The molecule has 0 radical (unpaired) electrons. The Morgan fingerprint density at radius 3 is 3.00 bits per heavy atom. The first-order chi connectivity index (χ1) is 9.83. The van der Waals surface area contributed by atoms with E-state index in [0.717, 1.165) is 23.8 Å². The Kier molecular flexibility index (Phi) is 1.90. The van der Waals surface area contributed by atoms with E-state index < -0.39 is 0 Å². The number of hydrogen-bond acceptors (Lipinski definition) is 5. The van der Waals surface area contributed by atoms with E-state index >= 15 is 0 Å². The fourth-order valence-corrected chi connectivity index (χ4v) is 4.70. The van der Waals surface area contributed by atoms with Crippen molar-refractivity contribution in [1.82, 2.24) is 29.2 Å². The van der Waals surface area contributed by atoms with Gasteiger partial charge in [0, 0.05) is 4.88 Å². The zero-order valence-electron chi connectivity index (χ0n) is 10.9. The van der Waals surface area contributed by atoms with Crippen LogP contribution in [0.2, 0.25) is 0 Å². The summed E-state index contributed by atoms with van der Waals surface area (Å²) < 4.78 is 3.99. The molecule has 0 N–H and O–H groups in total. The van der Waals surface area contributed by atoms with Crippen molar-refractivity contribution < 1.29 is 0 Å². The van der Waals surface area contributed by atoms with E-state index in [9.17, 15) is 0 Å². The van der Waals surface area contributed by atoms with Crippen molar-refractivity contribution in [1.29, 1.82) is 0 Å². The fraction of sp³-hybridized carbons (Fsp3) is 0.385. The number of rotatable bonds is 0. The molecule has 1 aliphatic rings. The standard InChI is InChI=1S/C13H12N6S/c1-7-2-3-8-9(4-7)20-12-10(8)11-16-14-5-18(11)13-17-15-6-19(12)13/h5-7H,2-4H2,1H3/t7-/m0/s1. The second kappa shape index (κ2) is 3.54. The van der Waals surface area contributed by atoms with E-state index in [2.05, 4.69) is 31.7 Å². The predicted molar refractivity (Wildman–Crippen MR) is 76.1 cm³/mol. The summed E-state index contributed by atoms with van der Waals surface area (Å²) in [6.07, 6.45) is 7.04. The Labute approximate surface area is 118 Å². The lowest BCUT2D eigenvalue weighted by Gasteiger charge is -2.17. The van der Waals surface area contributed by atoms with Crippen molar-refractivity contribution in [2.24, 2.45) is 5.92 Å². The highest BCUT2D eigenvalue weighted by molar-refractivity contribution is 7.19. The maximum absolute atomic E-state index is 4.31. The first kappa shape index (κ1) is 10.7. The summed E-state index contributed by atoms with van der Waals surface area (Å²) >= 11 is 1.86. The monoisotopic (exact) mass is 284 g/mol. The largest absolute Gasteiger partial charge is 0.257 e. The Morgan fingerprint density at radius 2 is 2.05 bits per heavy atom. The average molecular weight is 284 g/mol. The van der Waals surface area contributed by atoms with Crippen LogP contribution in [0.1, 0.15) is 23.8 Å². The minimum atomic E-state index is 0.765. The molecule has 1 aliphatic carbocycles. The molecular formula is C13H12N6S. The van der Waals surface area contributed by atoms with Gasteiger partial charge < -0.3 is 0 Å². The summed E-state index contributed by atoms with van der Waals surface area (Å²) in [6, 6.07) is 0. The fourth-order valence-electron chi connectivity index (χ4n) is 3.22. The Balaban J connectivity index is 2.05. The van der Waals surface area contributed by atoms with E-state index in [1.165, 1.54) is 33.5 Å². The van der Waals surface area contributed by atoms with Crippen molar-refractivity contribution in [3.05, 3.63) is 23.1 Å². The molecule has 7 heteroatoms. The normalized spacial score (nSPS) is 19.1. The second-order valence-electron chi connectivity index (χ2n) is 5.56. The van der Waals surface area contributed by atoms with Gasteiger partial charge in [-0.2, -0.15) is 0 Å². The number of thiophene rings is 1. The molecule has 4 aromatic rings. The van der Waals surface area contributed by atoms with Crippen LogP contribution >= 0.6 is 11.3 Å². The van der Waals surface area contributed by atoms with Gasteiger partial charge in [-0.15, -0.1) is 31.7 Å². The van der Waals surface area contributed by atoms with Crippen molar-refractivity contribution in [2.45, 2.75) is 26.2 Å². The van der Waals surface area contributed by atoms with Crippen molar-refractivity contribution in [3.63, 3.8) is 0 Å². The lowest BCUT2D eigenvalue weighted by molar-refractivity contribution is 0.509. The molecule has 0 saturated carbocycles. The first-order valence-electron chi connectivity index (χ1n) is 6.78. The highest BCUT2D eigenvalue weighted by Gasteiger charge is 2.24. The molecule has 0 unspecified atom stereocenters. The van der Waals surface area contributed by atoms with E-state index in [1.807, 2.05) is 15.7 Å². The molecule has 0 amide bonds. The van der Waals surface area contributed by atoms with Gasteiger partial charge in [-0.05, 0) is 30.7 Å². The van der Waals surface area contributed by atoms with Gasteiger partial charge in [0.2, 0.25) is 5.78 Å². The molecule has 100 valence electrons. The minimum absolute atomic E-state index is 0.765. The third-order valence-corrected chi connectivity index (χ3v) is 5.48. The van der Waals surface area contributed by atoms with Crippen LogP contribution in [0.4, 0.5) is 0 Å². The van der Waals surface area contributed by atoms with Crippen LogP contribution in [0.3, 0.4) is 0 Å². The number of hydrogen-bond donors (Lipinski definition) is 0. The van der Waals surface area contributed by atoms with Gasteiger partial charge >= 0.3 is 0 Å². The molecule has 4 heterocycles. The van der Waals surface area contributed by atoms with Crippen LogP contribution in [0.5, 0.6) is 0 Å². The summed E-state index contributed by atoms with van der Waals surface area (Å²) in [5.41, 5.74) is 2.37. The molecule has 0 saturated heterocycles. The van der Waals surface area contributed by atoms with Crippen LogP contribution in [-0.2, 0) is 12.8 Å². The lowest BCUT2D eigenvalue weighted by atomic mass is 9.89. The summed E-state index contributed by atoms with van der Waals surface area (Å²) in [6.45, 7) is 2.33. The van der Waals surface area contributed by atoms with E-state index in [1.54, 1.807) is 12.7 Å². The third-order valence-electron chi connectivity index (χ3n) is 4.23. The smallest absolute Gasteiger partial charge is 0.243 e. The summed E-state index contributed by atoms with van der Waals surface area (Å²) in [7, 11) is 0. The van der Waals surface area contributed by atoms with Crippen LogP contribution in [-0.4, -0.2) is 29.2 Å². The quantitative estimate of drug-likeness (QED) is 0.496. The predicted octanol–water partition coefficient (Wildman–Crippen LogP) is 2.11. The zero-order chi connectivity index (χ0) is 13.3. The number of aryl methyl sites for hydroxylation is 1. The Bertz CT molecular complexity index is 962. The molecule has 20 heavy (non-hydrogen) atoms. The topological polar surface area (TPSA) is 60.4 Å². The second-order valence-corrected chi connectivity index (χ2v) is 6.64. The van der Waals surface area contributed by atoms with Crippen LogP contribution in [0.15, 0.2) is 12.7 Å². The molecule has 0 aliphatic heterocycles. The van der Waals surface area contributed by atoms with Gasteiger partial charge in [-0.25, -0.2) is 4.40 Å². The lowest BCUT2D eigenvalue weighted by Crippen LogP contribution is -2.08. The van der Waals surface area contributed by atoms with Crippen LogP contribution in [0, 0.1) is 5.92 Å². The molecule has 4 aromatic heterocycles. The van der Waals surface area contributed by atoms with Crippen molar-refractivity contribution in [2.75, 3.05) is 0 Å². The average Bonchev–Trinajstić information content (AvgIpc) is 3.14. The van der Waals surface area contributed by atoms with E-state index in [-0.39, 0.29) is 0 Å². The Morgan fingerprint density at radius 1 is 1.20 bits per heavy atom. The van der Waals surface area contributed by atoms with Gasteiger partial charge in [0.15, 0.2) is 5.65 Å². The maximum Gasteiger partial charge on any atom is 0.243 e. The SMILES string of the molecule is C[C@H]1CCc2c(sc3c2c2nncn2c2nncn32)C1. The molecule has 1 atom stereocenters. The number of nitrogens with zero attached hydrogens (tertiary/aromatic N) is 6. The number of aromatic nitrogens is 6. The Hall–Kier alpha value is -2.02. The van der Waals surface area contributed by atoms with E-state index in [4.69, 9.17) is 0 Å². The first-order valence-corrected chi connectivity index (χ1v) is 7.60. The summed E-state index contributed by atoms with van der Waals surface area (Å²) in [5.74, 6) is 1.55. The number of fused-ring (bicyclic) bond motifs is 8. The third kappa shape index (κ3) is 1.19. The van der Waals surface area contributed by atoms with Gasteiger partial charge in [0.25, 0.3) is 0 Å². The van der Waals surface area contributed by atoms with E-state index in [0.29, 0.717) is 0 Å². The maximum atomic E-state index is 4.31. The zero-order valence-corrected chi connectivity index (χ0v) is 11.8. The molecule has 0 spiro atoms. The summed E-state index contributed by atoms with van der Waals surface area (Å²) in [4.78, 5) is 2.69. The molecule has 0 aromatic carbocycles. The molecule has 0 bridgehead atoms. The van der Waals surface area contributed by atoms with Crippen LogP contribution < -0.4 is 0 Å². The molecule has 0 fully saturated rings. The summed E-state index contributed by atoms with van der Waals surface area (Å²) in [5, 5.41) is 17.9. The molecule has 5 rings (SSSR count). The highest BCUT2D eigenvalue weighted by atomic mass is 32.1. The van der Waals surface area contributed by atoms with Gasteiger partial charge in [0.1, 0.15) is 17.5 Å². The molecular weight excluding hydrogens is 272 g/mol. The van der Waals surface area contributed by atoms with Crippen molar-refractivity contribution in [3.8, 4) is 0 Å². The molecule has 6 nitrogen and oxygen atoms in total. The van der Waals surface area contributed by atoms with Gasteiger partial charge in [-0.1, -0.05) is 6.92 Å².